The molecule has 0 amide bonds. The molecule has 2 saturated heterocycles. The fourth-order valence-electron chi connectivity index (χ4n) is 3.62. The monoisotopic (exact) mass is 249 g/mol. The van der Waals surface area contributed by atoms with E-state index >= 15 is 0 Å². The van der Waals surface area contributed by atoms with Crippen LogP contribution < -0.4 is 5.32 Å². The highest BCUT2D eigenvalue weighted by molar-refractivity contribution is 5.14. The third kappa shape index (κ3) is 2.19. The van der Waals surface area contributed by atoms with Crippen molar-refractivity contribution in [3.8, 4) is 0 Å². The van der Waals surface area contributed by atoms with Crippen LogP contribution in [0.5, 0.6) is 0 Å². The Morgan fingerprint density at radius 3 is 2.67 bits per heavy atom. The summed E-state index contributed by atoms with van der Waals surface area (Å²) < 4.78 is 1.93. The Kier molecular flexibility index (Phi) is 2.94. The zero-order valence-electron chi connectivity index (χ0n) is 11.3. The summed E-state index contributed by atoms with van der Waals surface area (Å²) >= 11 is 0. The molecule has 2 unspecified atom stereocenters. The number of nitrogens with zero attached hydrogens (tertiary/aromatic N) is 2. The molecule has 0 spiro atoms. The summed E-state index contributed by atoms with van der Waals surface area (Å²) in [4.78, 5) is 0. The van der Waals surface area contributed by atoms with E-state index < -0.39 is 5.60 Å². The lowest BCUT2D eigenvalue weighted by atomic mass is 9.83. The van der Waals surface area contributed by atoms with Crippen LogP contribution in [0.3, 0.4) is 0 Å². The molecule has 2 N–H and O–H groups in total. The first kappa shape index (κ1) is 12.2. The minimum atomic E-state index is -0.532. The molecule has 3 heterocycles. The Labute approximate surface area is 108 Å². The number of nitrogens with one attached hydrogen (secondary N) is 1. The third-order valence-electron chi connectivity index (χ3n) is 4.49. The van der Waals surface area contributed by atoms with E-state index in [2.05, 4.69) is 23.4 Å². The van der Waals surface area contributed by atoms with Gasteiger partial charge in [-0.1, -0.05) is 6.92 Å². The summed E-state index contributed by atoms with van der Waals surface area (Å²) in [5.74, 6) is 0. The molecule has 4 heteroatoms. The molecule has 2 atom stereocenters. The van der Waals surface area contributed by atoms with E-state index in [4.69, 9.17) is 0 Å². The lowest BCUT2D eigenvalue weighted by Gasteiger charge is -2.37. The van der Waals surface area contributed by atoms with Crippen LogP contribution in [0.4, 0.5) is 0 Å². The summed E-state index contributed by atoms with van der Waals surface area (Å²) in [7, 11) is 1.98. The average Bonchev–Trinajstić information content (AvgIpc) is 2.83. The van der Waals surface area contributed by atoms with Gasteiger partial charge >= 0.3 is 0 Å². The van der Waals surface area contributed by atoms with Gasteiger partial charge in [0.1, 0.15) is 0 Å². The Balaban J connectivity index is 1.76. The van der Waals surface area contributed by atoms with Crippen molar-refractivity contribution in [2.24, 2.45) is 7.05 Å². The molecule has 2 bridgehead atoms. The van der Waals surface area contributed by atoms with Gasteiger partial charge in [0.05, 0.1) is 11.3 Å². The largest absolute Gasteiger partial charge is 0.389 e. The van der Waals surface area contributed by atoms with Gasteiger partial charge in [-0.3, -0.25) is 4.68 Å². The van der Waals surface area contributed by atoms with Crippen molar-refractivity contribution in [1.29, 1.82) is 0 Å². The van der Waals surface area contributed by atoms with Crippen molar-refractivity contribution in [1.82, 2.24) is 15.1 Å². The Morgan fingerprint density at radius 1 is 1.44 bits per heavy atom. The number of rotatable bonds is 3. The predicted octanol–water partition coefficient (Wildman–Crippen LogP) is 1.17. The maximum Gasteiger partial charge on any atom is 0.0732 e. The van der Waals surface area contributed by atoms with E-state index in [9.17, 15) is 5.11 Å². The first-order valence-electron chi connectivity index (χ1n) is 7.08. The summed E-state index contributed by atoms with van der Waals surface area (Å²) in [6.07, 6.45) is 5.91. The van der Waals surface area contributed by atoms with Gasteiger partial charge in [-0.2, -0.15) is 5.10 Å². The molecule has 18 heavy (non-hydrogen) atoms. The molecule has 3 rings (SSSR count). The Hall–Kier alpha value is -0.870. The molecule has 2 fully saturated rings. The topological polar surface area (TPSA) is 50.1 Å². The normalized spacial score (nSPS) is 35.1. The first-order valence-corrected chi connectivity index (χ1v) is 7.08. The minimum absolute atomic E-state index is 0.521. The van der Waals surface area contributed by atoms with Crippen LogP contribution in [0.2, 0.25) is 0 Å². The van der Waals surface area contributed by atoms with Crippen molar-refractivity contribution in [2.75, 3.05) is 0 Å². The molecule has 4 nitrogen and oxygen atoms in total. The molecular weight excluding hydrogens is 226 g/mol. The van der Waals surface area contributed by atoms with E-state index in [1.807, 2.05) is 11.7 Å². The van der Waals surface area contributed by atoms with Crippen LogP contribution in [0, 0.1) is 0 Å². The van der Waals surface area contributed by atoms with E-state index in [0.29, 0.717) is 12.1 Å². The van der Waals surface area contributed by atoms with E-state index in [1.54, 1.807) is 0 Å². The number of fused-ring (bicyclic) bond motifs is 2. The molecule has 2 aliphatic heterocycles. The third-order valence-corrected chi connectivity index (χ3v) is 4.49. The molecule has 1 aromatic heterocycles. The lowest BCUT2D eigenvalue weighted by Crippen LogP contribution is -2.49. The zero-order valence-corrected chi connectivity index (χ0v) is 11.3. The highest BCUT2D eigenvalue weighted by Crippen LogP contribution is 2.36. The smallest absolute Gasteiger partial charge is 0.0732 e. The van der Waals surface area contributed by atoms with Crippen molar-refractivity contribution in [3.63, 3.8) is 0 Å². The Bertz CT molecular complexity index is 428. The van der Waals surface area contributed by atoms with Crippen LogP contribution >= 0.6 is 0 Å². The van der Waals surface area contributed by atoms with Gasteiger partial charge in [-0.25, -0.2) is 0 Å². The fraction of sp³-hybridized carbons (Fsp3) is 0.786. The molecular formula is C14H23N3O. The maximum atomic E-state index is 10.8. The number of aromatic nitrogens is 2. The van der Waals surface area contributed by atoms with Crippen LogP contribution in [-0.4, -0.2) is 32.6 Å². The second-order valence-electron chi connectivity index (χ2n) is 6.05. The highest BCUT2D eigenvalue weighted by Gasteiger charge is 2.42. The molecule has 0 saturated carbocycles. The van der Waals surface area contributed by atoms with Gasteiger partial charge in [-0.05, 0) is 38.2 Å². The summed E-state index contributed by atoms with van der Waals surface area (Å²) in [6.45, 7) is 2.12. The van der Waals surface area contributed by atoms with E-state index in [-0.39, 0.29) is 0 Å². The maximum absolute atomic E-state index is 10.8. The SMILES string of the molecule is CCc1cc(CC2(O)CC3CCC(C2)N3)n(C)n1. The molecule has 0 aromatic carbocycles. The number of hydrogen-bond donors (Lipinski definition) is 2. The van der Waals surface area contributed by atoms with Gasteiger partial charge in [-0.15, -0.1) is 0 Å². The van der Waals surface area contributed by atoms with Gasteiger partial charge in [0.15, 0.2) is 0 Å². The van der Waals surface area contributed by atoms with E-state index in [1.165, 1.54) is 12.8 Å². The van der Waals surface area contributed by atoms with Crippen LogP contribution in [0.15, 0.2) is 6.07 Å². The standard InChI is InChI=1S/C14H23N3O/c1-3-10-6-13(17(2)16-10)9-14(18)7-11-4-5-12(8-14)15-11/h6,11-12,15,18H,3-5,7-9H2,1-2H3. The van der Waals surface area contributed by atoms with Gasteiger partial charge in [0, 0.05) is 31.2 Å². The van der Waals surface area contributed by atoms with Crippen molar-refractivity contribution < 1.29 is 5.11 Å². The predicted molar refractivity (Wildman–Crippen MR) is 70.4 cm³/mol. The lowest BCUT2D eigenvalue weighted by molar-refractivity contribution is -0.00754. The van der Waals surface area contributed by atoms with Crippen molar-refractivity contribution in [3.05, 3.63) is 17.5 Å². The quantitative estimate of drug-likeness (QED) is 0.845. The Morgan fingerprint density at radius 2 is 2.11 bits per heavy atom. The van der Waals surface area contributed by atoms with Crippen LogP contribution in [0.25, 0.3) is 0 Å². The molecule has 100 valence electrons. The molecule has 0 radical (unpaired) electrons. The van der Waals surface area contributed by atoms with Gasteiger partial charge in [0.25, 0.3) is 0 Å². The molecule has 0 aliphatic carbocycles. The van der Waals surface area contributed by atoms with E-state index in [0.717, 1.165) is 37.1 Å². The van der Waals surface area contributed by atoms with Gasteiger partial charge < -0.3 is 10.4 Å². The summed E-state index contributed by atoms with van der Waals surface area (Å²) in [5, 5.41) is 18.9. The first-order chi connectivity index (χ1) is 8.58. The minimum Gasteiger partial charge on any atom is -0.389 e. The molecule has 1 aromatic rings. The number of aliphatic hydroxyl groups is 1. The second-order valence-corrected chi connectivity index (χ2v) is 6.05. The number of hydrogen-bond acceptors (Lipinski definition) is 3. The summed E-state index contributed by atoms with van der Waals surface area (Å²) in [5.41, 5.74) is 1.75. The fourth-order valence-corrected chi connectivity index (χ4v) is 3.62. The molecule has 2 aliphatic rings. The second kappa shape index (κ2) is 4.35. The summed E-state index contributed by atoms with van der Waals surface area (Å²) in [6, 6.07) is 3.18. The number of piperidine rings is 1. The van der Waals surface area contributed by atoms with Crippen molar-refractivity contribution >= 4 is 0 Å². The van der Waals surface area contributed by atoms with Crippen LogP contribution in [0.1, 0.15) is 44.0 Å². The van der Waals surface area contributed by atoms with Gasteiger partial charge in [0.2, 0.25) is 0 Å². The average molecular weight is 249 g/mol. The van der Waals surface area contributed by atoms with Crippen molar-refractivity contribution in [2.45, 2.75) is 63.1 Å². The van der Waals surface area contributed by atoms with Crippen LogP contribution in [-0.2, 0) is 19.9 Å². The number of aryl methyl sites for hydroxylation is 2. The highest BCUT2D eigenvalue weighted by atomic mass is 16.3. The zero-order chi connectivity index (χ0) is 12.8.